The van der Waals surface area contributed by atoms with Crippen molar-refractivity contribution >= 4 is 19.5 Å². The highest BCUT2D eigenvalue weighted by Gasteiger charge is 2.56. The second kappa shape index (κ2) is 12.1. The van der Waals surface area contributed by atoms with E-state index in [1.165, 1.54) is 38.2 Å². The Hall–Kier alpha value is -3.24. The summed E-state index contributed by atoms with van der Waals surface area (Å²) in [6, 6.07) is 8.28. The minimum atomic E-state index is -4.30. The summed E-state index contributed by atoms with van der Waals surface area (Å²) in [6.45, 7) is 5.59. The lowest BCUT2D eigenvalue weighted by Gasteiger charge is -2.26. The molecule has 1 fully saturated rings. The molecule has 0 bridgehead atoms. The van der Waals surface area contributed by atoms with Crippen LogP contribution in [-0.4, -0.2) is 62.3 Å². The molecule has 0 spiro atoms. The van der Waals surface area contributed by atoms with Crippen molar-refractivity contribution < 1.29 is 38.1 Å². The average Bonchev–Trinajstić information content (AvgIpc) is 3.08. The SMILES string of the molecule is CC#CC1(O)[C@@H](O)[C@@H](COP(=O)(N[C@@H](C)C(=O)OC(C)C)Oc2ccccc2)O[C@H]1n1ccc(N)nc1=O. The Morgan fingerprint density at radius 1 is 1.32 bits per heavy atom. The molecule has 38 heavy (non-hydrogen) atoms. The van der Waals surface area contributed by atoms with Gasteiger partial charge in [0.05, 0.1) is 12.7 Å². The molecule has 2 unspecified atom stereocenters. The molecule has 1 aromatic carbocycles. The molecule has 0 aliphatic carbocycles. The van der Waals surface area contributed by atoms with E-state index in [0.717, 1.165) is 4.57 Å². The van der Waals surface area contributed by atoms with Crippen molar-refractivity contribution in [2.45, 2.75) is 63.9 Å². The number of nitrogens with two attached hydrogens (primary N) is 1. The predicted molar refractivity (Wildman–Crippen MR) is 136 cm³/mol. The van der Waals surface area contributed by atoms with Crippen LogP contribution in [0, 0.1) is 11.8 Å². The molecule has 5 N–H and O–H groups in total. The number of nitrogens with zero attached hydrogens (tertiary/aromatic N) is 2. The Kier molecular flexibility index (Phi) is 9.32. The number of anilines is 1. The monoisotopic (exact) mass is 550 g/mol. The summed E-state index contributed by atoms with van der Waals surface area (Å²) in [4.78, 5) is 28.4. The fourth-order valence-corrected chi connectivity index (χ4v) is 5.13. The summed E-state index contributed by atoms with van der Waals surface area (Å²) < 4.78 is 36.7. The van der Waals surface area contributed by atoms with Crippen molar-refractivity contribution in [3.63, 3.8) is 0 Å². The third-order valence-electron chi connectivity index (χ3n) is 5.35. The molecule has 2 heterocycles. The van der Waals surface area contributed by atoms with Crippen molar-refractivity contribution in [1.82, 2.24) is 14.6 Å². The van der Waals surface area contributed by atoms with Crippen molar-refractivity contribution in [2.24, 2.45) is 0 Å². The normalized spacial score (nSPS) is 25.2. The van der Waals surface area contributed by atoms with Crippen LogP contribution in [0.15, 0.2) is 47.4 Å². The topological polar surface area (TPSA) is 184 Å². The molecule has 1 saturated heterocycles. The molecular formula is C24H31N4O9P. The van der Waals surface area contributed by atoms with E-state index in [4.69, 9.17) is 24.3 Å². The van der Waals surface area contributed by atoms with Gasteiger partial charge in [-0.05, 0) is 45.9 Å². The van der Waals surface area contributed by atoms with E-state index in [0.29, 0.717) is 0 Å². The van der Waals surface area contributed by atoms with Gasteiger partial charge in [0.25, 0.3) is 0 Å². The zero-order valence-corrected chi connectivity index (χ0v) is 22.2. The number of aliphatic hydroxyl groups excluding tert-OH is 1. The standard InChI is InChI=1S/C24H31N4O9P/c1-5-12-24(32)20(29)18(36-22(24)28-13-11-19(25)26-23(28)31)14-34-38(33,37-17-9-7-6-8-10-17)27-16(4)21(30)35-15(2)3/h6-11,13,15-16,18,20,22,29,32H,14H2,1-4H3,(H,27,33)(H2,25,26,31)/t16-,18+,20-,22+,24?,38?/m0/s1. The van der Waals surface area contributed by atoms with Crippen molar-refractivity contribution in [2.75, 3.05) is 12.3 Å². The lowest BCUT2D eigenvalue weighted by atomic mass is 9.94. The van der Waals surface area contributed by atoms with Gasteiger partial charge in [-0.15, -0.1) is 5.92 Å². The molecule has 6 atom stereocenters. The summed E-state index contributed by atoms with van der Waals surface area (Å²) in [6.07, 6.45) is -3.72. The highest BCUT2D eigenvalue weighted by molar-refractivity contribution is 7.52. The zero-order chi connectivity index (χ0) is 28.1. The number of carbonyl (C=O) groups is 1. The number of carbonyl (C=O) groups excluding carboxylic acids is 1. The van der Waals surface area contributed by atoms with Crippen LogP contribution < -0.4 is 21.0 Å². The Labute approximate surface area is 219 Å². The fourth-order valence-electron chi connectivity index (χ4n) is 3.63. The number of rotatable bonds is 10. The lowest BCUT2D eigenvalue weighted by molar-refractivity contribution is -0.149. The maximum atomic E-state index is 13.7. The first-order chi connectivity index (χ1) is 17.9. The van der Waals surface area contributed by atoms with E-state index in [1.807, 2.05) is 0 Å². The van der Waals surface area contributed by atoms with Gasteiger partial charge >= 0.3 is 19.4 Å². The van der Waals surface area contributed by atoms with Crippen molar-refractivity contribution in [1.29, 1.82) is 0 Å². The van der Waals surface area contributed by atoms with E-state index >= 15 is 0 Å². The number of nitrogens with one attached hydrogen (secondary N) is 1. The number of para-hydroxylation sites is 1. The van der Waals surface area contributed by atoms with Crippen LogP contribution >= 0.6 is 7.75 Å². The lowest BCUT2D eigenvalue weighted by Crippen LogP contribution is -2.48. The molecular weight excluding hydrogens is 519 g/mol. The summed E-state index contributed by atoms with van der Waals surface area (Å²) in [7, 11) is -4.30. The Bertz CT molecular complexity index is 1290. The highest BCUT2D eigenvalue weighted by atomic mass is 31.2. The van der Waals surface area contributed by atoms with E-state index in [1.54, 1.807) is 32.0 Å². The second-order valence-corrected chi connectivity index (χ2v) is 10.4. The van der Waals surface area contributed by atoms with Crippen LogP contribution in [0.3, 0.4) is 0 Å². The van der Waals surface area contributed by atoms with E-state index in [2.05, 4.69) is 21.9 Å². The third kappa shape index (κ3) is 6.79. The molecule has 0 radical (unpaired) electrons. The number of esters is 1. The number of benzene rings is 1. The van der Waals surface area contributed by atoms with Gasteiger partial charge in [-0.3, -0.25) is 13.9 Å². The number of hydrogen-bond donors (Lipinski definition) is 4. The van der Waals surface area contributed by atoms with Crippen LogP contribution in [0.25, 0.3) is 0 Å². The van der Waals surface area contributed by atoms with Crippen LogP contribution in [0.2, 0.25) is 0 Å². The van der Waals surface area contributed by atoms with Gasteiger partial charge in [0.1, 0.15) is 29.8 Å². The molecule has 0 amide bonds. The molecule has 2 aromatic rings. The first-order valence-corrected chi connectivity index (χ1v) is 13.2. The largest absolute Gasteiger partial charge is 0.462 e. The van der Waals surface area contributed by atoms with Crippen LogP contribution in [-0.2, 0) is 23.4 Å². The molecule has 3 rings (SSSR count). The van der Waals surface area contributed by atoms with Crippen molar-refractivity contribution in [3.8, 4) is 17.6 Å². The Balaban J connectivity index is 1.86. The summed E-state index contributed by atoms with van der Waals surface area (Å²) in [5, 5.41) is 24.7. The minimum absolute atomic E-state index is 0.0509. The highest BCUT2D eigenvalue weighted by Crippen LogP contribution is 2.47. The summed E-state index contributed by atoms with van der Waals surface area (Å²) >= 11 is 0. The molecule has 1 aliphatic heterocycles. The maximum absolute atomic E-state index is 13.7. The van der Waals surface area contributed by atoms with Gasteiger partial charge in [-0.25, -0.2) is 9.36 Å². The van der Waals surface area contributed by atoms with E-state index in [-0.39, 0.29) is 11.6 Å². The predicted octanol–water partition coefficient (Wildman–Crippen LogP) is 0.972. The van der Waals surface area contributed by atoms with E-state index < -0.39 is 62.2 Å². The number of aliphatic hydroxyl groups is 2. The zero-order valence-electron chi connectivity index (χ0n) is 21.3. The molecule has 0 saturated carbocycles. The quantitative estimate of drug-likeness (QED) is 0.187. The maximum Gasteiger partial charge on any atom is 0.459 e. The first kappa shape index (κ1) is 29.3. The Morgan fingerprint density at radius 3 is 2.61 bits per heavy atom. The van der Waals surface area contributed by atoms with Gasteiger partial charge in [-0.1, -0.05) is 24.1 Å². The second-order valence-electron chi connectivity index (χ2n) is 8.75. The van der Waals surface area contributed by atoms with E-state index in [9.17, 15) is 24.4 Å². The number of aromatic nitrogens is 2. The number of ether oxygens (including phenoxy) is 2. The van der Waals surface area contributed by atoms with Gasteiger partial charge in [0, 0.05) is 6.20 Å². The van der Waals surface area contributed by atoms with Crippen LogP contribution in [0.4, 0.5) is 5.82 Å². The average molecular weight is 551 g/mol. The molecule has 1 aliphatic rings. The van der Waals surface area contributed by atoms with Gasteiger partial charge in [-0.2, -0.15) is 10.1 Å². The smallest absolute Gasteiger partial charge is 0.459 e. The third-order valence-corrected chi connectivity index (χ3v) is 6.99. The van der Waals surface area contributed by atoms with Gasteiger partial charge < -0.3 is 29.9 Å². The van der Waals surface area contributed by atoms with Gasteiger partial charge in [0.15, 0.2) is 11.8 Å². The summed E-state index contributed by atoms with van der Waals surface area (Å²) in [5.74, 6) is 4.41. The summed E-state index contributed by atoms with van der Waals surface area (Å²) in [5.41, 5.74) is 2.44. The Morgan fingerprint density at radius 2 is 2.00 bits per heavy atom. The molecule has 14 heteroatoms. The fraction of sp³-hybridized carbons (Fsp3) is 0.458. The molecule has 13 nitrogen and oxygen atoms in total. The minimum Gasteiger partial charge on any atom is -0.462 e. The van der Waals surface area contributed by atoms with Crippen LogP contribution in [0.5, 0.6) is 5.75 Å². The molecule has 1 aromatic heterocycles. The number of nitrogen functional groups attached to an aromatic ring is 1. The van der Waals surface area contributed by atoms with Gasteiger partial charge in [0.2, 0.25) is 0 Å². The molecule has 206 valence electrons. The van der Waals surface area contributed by atoms with Crippen molar-refractivity contribution in [3.05, 3.63) is 53.1 Å². The number of hydrogen-bond acceptors (Lipinski definition) is 11. The van der Waals surface area contributed by atoms with Crippen LogP contribution in [0.1, 0.15) is 33.9 Å². The first-order valence-electron chi connectivity index (χ1n) is 11.7.